The van der Waals surface area contributed by atoms with E-state index in [0.717, 1.165) is 22.5 Å². The number of hydrogen-bond acceptors (Lipinski definition) is 4. The van der Waals surface area contributed by atoms with Crippen LogP contribution in [0.2, 0.25) is 0 Å². The van der Waals surface area contributed by atoms with Crippen LogP contribution in [-0.2, 0) is 0 Å². The number of nitrogens with one attached hydrogen (secondary N) is 1. The summed E-state index contributed by atoms with van der Waals surface area (Å²) in [6.07, 6.45) is 1.72. The number of aryl methyl sites for hydroxylation is 2. The van der Waals surface area contributed by atoms with Gasteiger partial charge in [0.15, 0.2) is 0 Å². The molecule has 1 N–H and O–H groups in total. The van der Waals surface area contributed by atoms with Crippen LogP contribution in [0.25, 0.3) is 28.6 Å². The molecule has 6 nitrogen and oxygen atoms in total. The molecule has 0 aliphatic carbocycles. The molecular formula is C23H18FN5O. The zero-order chi connectivity index (χ0) is 21.6. The molecule has 0 saturated carbocycles. The molecule has 30 heavy (non-hydrogen) atoms. The summed E-state index contributed by atoms with van der Waals surface area (Å²) in [6.45, 7) is 7.49. The average molecular weight is 399 g/mol. The number of benzene rings is 1. The van der Waals surface area contributed by atoms with Gasteiger partial charge in [-0.1, -0.05) is 0 Å². The molecule has 7 heteroatoms. The van der Waals surface area contributed by atoms with Crippen molar-refractivity contribution in [3.63, 3.8) is 0 Å². The summed E-state index contributed by atoms with van der Waals surface area (Å²) in [4.78, 5) is 7.40. The Hall–Kier alpha value is -4.10. The van der Waals surface area contributed by atoms with Crippen molar-refractivity contribution in [1.82, 2.24) is 14.5 Å². The fourth-order valence-corrected chi connectivity index (χ4v) is 3.56. The van der Waals surface area contributed by atoms with Crippen molar-refractivity contribution >= 4 is 22.7 Å². The minimum atomic E-state index is -0.374. The van der Waals surface area contributed by atoms with Crippen molar-refractivity contribution in [2.75, 3.05) is 0 Å². The summed E-state index contributed by atoms with van der Waals surface area (Å²) in [5, 5.41) is 19.3. The quantitative estimate of drug-likeness (QED) is 0.476. The summed E-state index contributed by atoms with van der Waals surface area (Å²) >= 11 is 0. The number of aromatic amines is 1. The second-order valence-electron chi connectivity index (χ2n) is 7.15. The molecule has 0 fully saturated rings. The number of H-pyrrole nitrogens is 1. The van der Waals surface area contributed by atoms with Crippen LogP contribution in [0.1, 0.15) is 39.7 Å². The number of aromatic nitrogens is 3. The highest BCUT2D eigenvalue weighted by Gasteiger charge is 2.20. The number of hydrogen-bond donors (Lipinski definition) is 1. The average Bonchev–Trinajstić information content (AvgIpc) is 3.33. The van der Waals surface area contributed by atoms with Gasteiger partial charge in [-0.25, -0.2) is 9.37 Å². The van der Waals surface area contributed by atoms with Gasteiger partial charge < -0.3 is 9.40 Å². The lowest BCUT2D eigenvalue weighted by Gasteiger charge is -2.06. The van der Waals surface area contributed by atoms with Crippen LogP contribution in [0.15, 0.2) is 28.7 Å². The van der Waals surface area contributed by atoms with E-state index in [2.05, 4.69) is 22.1 Å². The van der Waals surface area contributed by atoms with Gasteiger partial charge in [0.2, 0.25) is 5.88 Å². The molecular weight excluding hydrogens is 381 g/mol. The second-order valence-corrected chi connectivity index (χ2v) is 7.15. The summed E-state index contributed by atoms with van der Waals surface area (Å²) in [6, 6.07) is 10.5. The molecule has 0 saturated heterocycles. The van der Waals surface area contributed by atoms with Crippen LogP contribution >= 0.6 is 0 Å². The fourth-order valence-electron chi connectivity index (χ4n) is 3.56. The monoisotopic (exact) mass is 399 g/mol. The maximum Gasteiger partial charge on any atom is 0.222 e. The van der Waals surface area contributed by atoms with Gasteiger partial charge in [0.25, 0.3) is 0 Å². The molecule has 0 spiro atoms. The van der Waals surface area contributed by atoms with Crippen LogP contribution < -0.4 is 0 Å². The summed E-state index contributed by atoms with van der Waals surface area (Å²) in [5.41, 5.74) is 5.22. The molecule has 0 aliphatic rings. The number of imidazole rings is 1. The maximum atomic E-state index is 13.5. The first-order chi connectivity index (χ1) is 14.3. The van der Waals surface area contributed by atoms with Gasteiger partial charge in [-0.3, -0.25) is 4.57 Å². The van der Waals surface area contributed by atoms with Crippen molar-refractivity contribution < 1.29 is 8.81 Å². The summed E-state index contributed by atoms with van der Waals surface area (Å²) in [5.74, 6) is 1.16. The number of halogens is 1. The molecule has 3 aromatic heterocycles. The highest BCUT2D eigenvalue weighted by molar-refractivity contribution is 5.90. The number of nitrogens with zero attached hydrogens (tertiary/aromatic N) is 4. The van der Waals surface area contributed by atoms with Crippen molar-refractivity contribution in [1.29, 1.82) is 10.5 Å². The molecule has 0 radical (unpaired) electrons. The molecule has 0 atom stereocenters. The lowest BCUT2D eigenvalue weighted by Crippen LogP contribution is -2.00. The Morgan fingerprint density at radius 3 is 2.67 bits per heavy atom. The van der Waals surface area contributed by atoms with E-state index < -0.39 is 0 Å². The first-order valence-corrected chi connectivity index (χ1v) is 9.31. The third kappa shape index (κ3) is 2.98. The molecule has 0 amide bonds. The van der Waals surface area contributed by atoms with E-state index >= 15 is 0 Å². The molecule has 0 bridgehead atoms. The number of nitriles is 2. The highest BCUT2D eigenvalue weighted by atomic mass is 19.1. The van der Waals surface area contributed by atoms with Crippen LogP contribution in [0, 0.1) is 56.2 Å². The van der Waals surface area contributed by atoms with E-state index in [1.54, 1.807) is 12.1 Å². The van der Waals surface area contributed by atoms with Crippen molar-refractivity contribution in [3.8, 4) is 18.0 Å². The highest BCUT2D eigenvalue weighted by Crippen LogP contribution is 2.30. The SMILES string of the molecule is Cc1oc(-n2c(C)cc(/C=C(\C#N)c3nc4ccc(F)cc4[nH]3)c2C)c(C#N)c1C. The predicted octanol–water partition coefficient (Wildman–Crippen LogP) is 5.26. The molecule has 148 valence electrons. The van der Waals surface area contributed by atoms with E-state index in [4.69, 9.17) is 4.42 Å². The first-order valence-electron chi connectivity index (χ1n) is 9.31. The third-order valence-corrected chi connectivity index (χ3v) is 5.27. The molecule has 0 unspecified atom stereocenters. The lowest BCUT2D eigenvalue weighted by atomic mass is 10.1. The molecule has 1 aromatic carbocycles. The number of allylic oxidation sites excluding steroid dienone is 1. The Bertz CT molecular complexity index is 1420. The molecule has 3 heterocycles. The van der Waals surface area contributed by atoms with E-state index in [-0.39, 0.29) is 5.82 Å². The molecule has 0 aliphatic heterocycles. The maximum absolute atomic E-state index is 13.5. The summed E-state index contributed by atoms with van der Waals surface area (Å²) < 4.78 is 21.2. The van der Waals surface area contributed by atoms with Crippen LogP contribution in [0.5, 0.6) is 0 Å². The Morgan fingerprint density at radius 1 is 1.20 bits per heavy atom. The molecule has 4 rings (SSSR count). The van der Waals surface area contributed by atoms with Gasteiger partial charge in [-0.15, -0.1) is 0 Å². The van der Waals surface area contributed by atoms with Crippen LogP contribution in [0.4, 0.5) is 4.39 Å². The fraction of sp³-hybridized carbons (Fsp3) is 0.174. The van der Waals surface area contributed by atoms with E-state index in [1.165, 1.54) is 12.1 Å². The smallest absolute Gasteiger partial charge is 0.222 e. The Morgan fingerprint density at radius 2 is 1.97 bits per heavy atom. The lowest BCUT2D eigenvalue weighted by molar-refractivity contribution is 0.503. The van der Waals surface area contributed by atoms with Crippen molar-refractivity contribution in [2.45, 2.75) is 27.7 Å². The Kier molecular flexibility index (Phi) is 4.52. The number of fused-ring (bicyclic) bond motifs is 1. The minimum Gasteiger partial charge on any atom is -0.443 e. The molecule has 4 aromatic rings. The van der Waals surface area contributed by atoms with Crippen LogP contribution in [-0.4, -0.2) is 14.5 Å². The predicted molar refractivity (Wildman–Crippen MR) is 111 cm³/mol. The first kappa shape index (κ1) is 19.2. The van der Waals surface area contributed by atoms with Gasteiger partial charge in [0, 0.05) is 17.0 Å². The van der Waals surface area contributed by atoms with Crippen molar-refractivity contribution in [2.24, 2.45) is 0 Å². The van der Waals surface area contributed by atoms with Gasteiger partial charge in [0.1, 0.15) is 35.1 Å². The van der Waals surface area contributed by atoms with Gasteiger partial charge in [0.05, 0.1) is 16.6 Å². The largest absolute Gasteiger partial charge is 0.443 e. The van der Waals surface area contributed by atoms with Gasteiger partial charge in [-0.05, 0) is 63.6 Å². The van der Waals surface area contributed by atoms with Gasteiger partial charge in [-0.2, -0.15) is 10.5 Å². The minimum absolute atomic E-state index is 0.319. The van der Waals surface area contributed by atoms with Gasteiger partial charge >= 0.3 is 0 Å². The zero-order valence-electron chi connectivity index (χ0n) is 17.0. The van der Waals surface area contributed by atoms with E-state index in [1.807, 2.05) is 38.3 Å². The Labute approximate surface area is 172 Å². The normalized spacial score (nSPS) is 11.6. The third-order valence-electron chi connectivity index (χ3n) is 5.27. The van der Waals surface area contributed by atoms with E-state index in [0.29, 0.717) is 39.6 Å². The Balaban J connectivity index is 1.84. The van der Waals surface area contributed by atoms with Crippen LogP contribution in [0.3, 0.4) is 0 Å². The number of furan rings is 1. The number of rotatable bonds is 3. The van der Waals surface area contributed by atoms with E-state index in [9.17, 15) is 14.9 Å². The second kappa shape index (κ2) is 7.06. The summed E-state index contributed by atoms with van der Waals surface area (Å²) in [7, 11) is 0. The topological polar surface area (TPSA) is 94.3 Å². The van der Waals surface area contributed by atoms with Crippen molar-refractivity contribution in [3.05, 3.63) is 69.7 Å². The standard InChI is InChI=1S/C23H18FN5O/c1-12-7-16(14(3)29(12)23-19(11-26)13(2)15(4)30-23)8-17(10-25)22-27-20-6-5-18(24)9-21(20)28-22/h5-9H,1-4H3,(H,27,28)/b17-8+. The zero-order valence-corrected chi connectivity index (χ0v) is 17.0.